The molecule has 0 aliphatic heterocycles. The molecule has 1 aromatic heterocycles. The molecule has 0 saturated heterocycles. The van der Waals surface area contributed by atoms with Crippen molar-refractivity contribution >= 4 is 5.91 Å². The Bertz CT molecular complexity index is 623. The van der Waals surface area contributed by atoms with Gasteiger partial charge in [0, 0.05) is 18.4 Å². The Morgan fingerprint density at radius 1 is 1.40 bits per heavy atom. The molecular weight excluding hydrogens is 254 g/mol. The van der Waals surface area contributed by atoms with Crippen LogP contribution < -0.4 is 5.32 Å². The van der Waals surface area contributed by atoms with E-state index in [0.717, 1.165) is 5.56 Å². The molecule has 0 radical (unpaired) electrons. The van der Waals surface area contributed by atoms with Crippen molar-refractivity contribution in [3.05, 3.63) is 35.7 Å². The number of benzene rings is 1. The van der Waals surface area contributed by atoms with E-state index in [4.69, 9.17) is 10.9 Å². The average molecular weight is 269 g/mol. The van der Waals surface area contributed by atoms with Crippen LogP contribution in [0.2, 0.25) is 0 Å². The molecule has 0 spiro atoms. The van der Waals surface area contributed by atoms with E-state index in [-0.39, 0.29) is 18.9 Å². The summed E-state index contributed by atoms with van der Waals surface area (Å²) in [6, 6.07) is 7.84. The third kappa shape index (κ3) is 3.69. The first-order chi connectivity index (χ1) is 9.69. The maximum absolute atomic E-state index is 11.4. The van der Waals surface area contributed by atoms with Crippen LogP contribution in [0.5, 0.6) is 0 Å². The van der Waals surface area contributed by atoms with Gasteiger partial charge in [0.1, 0.15) is 0 Å². The van der Waals surface area contributed by atoms with E-state index in [1.807, 2.05) is 31.2 Å². The van der Waals surface area contributed by atoms with Crippen molar-refractivity contribution in [1.29, 1.82) is 0 Å². The lowest BCUT2D eigenvalue weighted by atomic mass is 10.1. The fourth-order valence-electron chi connectivity index (χ4n) is 1.63. The first kappa shape index (κ1) is 13.8. The summed E-state index contributed by atoms with van der Waals surface area (Å²) < 4.78 is 5.12. The Labute approximate surface area is 117 Å². The summed E-state index contributed by atoms with van der Waals surface area (Å²) in [4.78, 5) is 15.7. The van der Waals surface area contributed by atoms with Crippen LogP contribution in [0.3, 0.4) is 0 Å². The molecular formula is C15H15N3O2. The molecule has 0 bridgehead atoms. The van der Waals surface area contributed by atoms with Crippen LogP contribution >= 0.6 is 0 Å². The molecule has 0 atom stereocenters. The molecule has 1 amide bonds. The van der Waals surface area contributed by atoms with Gasteiger partial charge in [-0.15, -0.1) is 6.42 Å². The molecule has 2 aromatic rings. The summed E-state index contributed by atoms with van der Waals surface area (Å²) in [7, 11) is 0. The van der Waals surface area contributed by atoms with E-state index in [0.29, 0.717) is 18.1 Å². The van der Waals surface area contributed by atoms with Crippen LogP contribution in [0.25, 0.3) is 11.4 Å². The van der Waals surface area contributed by atoms with Crippen LogP contribution in [0.1, 0.15) is 17.9 Å². The first-order valence-electron chi connectivity index (χ1n) is 6.29. The summed E-state index contributed by atoms with van der Waals surface area (Å²) >= 11 is 0. The van der Waals surface area contributed by atoms with Crippen LogP contribution in [0.15, 0.2) is 28.8 Å². The summed E-state index contributed by atoms with van der Waals surface area (Å²) in [5, 5.41) is 6.49. The highest BCUT2D eigenvalue weighted by atomic mass is 16.5. The molecule has 0 aliphatic carbocycles. The molecule has 0 saturated carbocycles. The number of nitrogens with zero attached hydrogens (tertiary/aromatic N) is 2. The zero-order valence-electron chi connectivity index (χ0n) is 11.2. The maximum atomic E-state index is 11.4. The number of carbonyl (C=O) groups is 1. The number of rotatable bonds is 5. The lowest BCUT2D eigenvalue weighted by Crippen LogP contribution is -2.23. The Balaban J connectivity index is 1.94. The summed E-state index contributed by atoms with van der Waals surface area (Å²) in [6.45, 7) is 2.25. The molecule has 0 aliphatic rings. The predicted molar refractivity (Wildman–Crippen MR) is 74.6 cm³/mol. The number of terminal acetylenes is 1. The van der Waals surface area contributed by atoms with Crippen molar-refractivity contribution in [2.45, 2.75) is 19.8 Å². The minimum absolute atomic E-state index is 0.127. The van der Waals surface area contributed by atoms with Crippen molar-refractivity contribution in [1.82, 2.24) is 15.5 Å². The number of nitrogens with one attached hydrogen (secondary N) is 1. The molecule has 1 aromatic carbocycles. The summed E-state index contributed by atoms with van der Waals surface area (Å²) in [5.41, 5.74) is 2.06. The van der Waals surface area contributed by atoms with Gasteiger partial charge >= 0.3 is 0 Å². The quantitative estimate of drug-likeness (QED) is 0.839. The van der Waals surface area contributed by atoms with Crippen molar-refractivity contribution in [2.75, 3.05) is 6.54 Å². The number of aromatic nitrogens is 2. The third-order valence-corrected chi connectivity index (χ3v) is 2.73. The van der Waals surface area contributed by atoms with E-state index in [9.17, 15) is 4.79 Å². The predicted octanol–water partition coefficient (Wildman–Crippen LogP) is 1.73. The van der Waals surface area contributed by atoms with E-state index in [1.165, 1.54) is 5.56 Å². The minimum Gasteiger partial charge on any atom is -0.345 e. The number of hydrogen-bond acceptors (Lipinski definition) is 4. The van der Waals surface area contributed by atoms with Crippen molar-refractivity contribution in [2.24, 2.45) is 0 Å². The molecule has 0 unspecified atom stereocenters. The Hall–Kier alpha value is -2.61. The monoisotopic (exact) mass is 269 g/mol. The van der Waals surface area contributed by atoms with Gasteiger partial charge in [0.05, 0.1) is 6.54 Å². The van der Waals surface area contributed by atoms with E-state index in [1.54, 1.807) is 0 Å². The first-order valence-corrected chi connectivity index (χ1v) is 6.29. The highest BCUT2D eigenvalue weighted by molar-refractivity contribution is 5.76. The van der Waals surface area contributed by atoms with Crippen LogP contribution in [-0.2, 0) is 11.2 Å². The highest BCUT2D eigenvalue weighted by Crippen LogP contribution is 2.16. The topological polar surface area (TPSA) is 68.0 Å². The number of aryl methyl sites for hydroxylation is 2. The van der Waals surface area contributed by atoms with Gasteiger partial charge in [0.25, 0.3) is 0 Å². The summed E-state index contributed by atoms with van der Waals surface area (Å²) in [6.07, 6.45) is 5.73. The van der Waals surface area contributed by atoms with Crippen LogP contribution in [0, 0.1) is 19.3 Å². The fraction of sp³-hybridized carbons (Fsp3) is 0.267. The molecule has 1 heterocycles. The normalized spacial score (nSPS) is 10.0. The maximum Gasteiger partial charge on any atom is 0.227 e. The molecule has 2 rings (SSSR count). The molecule has 20 heavy (non-hydrogen) atoms. The minimum atomic E-state index is -0.127. The standard InChI is InChI=1S/C15H15N3O2/c1-3-10-16-13(19)8-9-14-17-15(18-20-14)12-6-4-11(2)5-7-12/h1,4-7H,8-10H2,2H3,(H,16,19). The van der Waals surface area contributed by atoms with Gasteiger partial charge in [-0.05, 0) is 6.92 Å². The van der Waals surface area contributed by atoms with Gasteiger partial charge in [0.15, 0.2) is 0 Å². The van der Waals surface area contributed by atoms with Crippen molar-refractivity contribution in [3.63, 3.8) is 0 Å². The van der Waals surface area contributed by atoms with Gasteiger partial charge in [-0.3, -0.25) is 4.79 Å². The fourth-order valence-corrected chi connectivity index (χ4v) is 1.63. The number of carbonyl (C=O) groups excluding carboxylic acids is 1. The second-order valence-electron chi connectivity index (χ2n) is 4.36. The van der Waals surface area contributed by atoms with E-state index >= 15 is 0 Å². The van der Waals surface area contributed by atoms with Gasteiger partial charge < -0.3 is 9.84 Å². The van der Waals surface area contributed by atoms with Crippen molar-refractivity contribution in [3.8, 4) is 23.7 Å². The van der Waals surface area contributed by atoms with Crippen molar-refractivity contribution < 1.29 is 9.32 Å². The molecule has 5 nitrogen and oxygen atoms in total. The largest absolute Gasteiger partial charge is 0.345 e. The lowest BCUT2D eigenvalue weighted by molar-refractivity contribution is -0.120. The van der Waals surface area contributed by atoms with E-state index in [2.05, 4.69) is 21.4 Å². The Morgan fingerprint density at radius 3 is 2.85 bits per heavy atom. The third-order valence-electron chi connectivity index (χ3n) is 2.73. The molecule has 102 valence electrons. The van der Waals surface area contributed by atoms with Crippen LogP contribution in [-0.4, -0.2) is 22.6 Å². The number of amides is 1. The second kappa shape index (κ2) is 6.53. The van der Waals surface area contributed by atoms with E-state index < -0.39 is 0 Å². The zero-order valence-corrected chi connectivity index (χ0v) is 11.2. The highest BCUT2D eigenvalue weighted by Gasteiger charge is 2.10. The lowest BCUT2D eigenvalue weighted by Gasteiger charge is -1.97. The van der Waals surface area contributed by atoms with Gasteiger partial charge in [-0.1, -0.05) is 40.9 Å². The van der Waals surface area contributed by atoms with Gasteiger partial charge in [-0.2, -0.15) is 4.98 Å². The SMILES string of the molecule is C#CCNC(=O)CCc1nc(-c2ccc(C)cc2)no1. The zero-order chi connectivity index (χ0) is 14.4. The smallest absolute Gasteiger partial charge is 0.227 e. The Kier molecular flexibility index (Phi) is 4.51. The van der Waals surface area contributed by atoms with Gasteiger partial charge in [-0.25, -0.2) is 0 Å². The molecule has 1 N–H and O–H groups in total. The molecule has 5 heteroatoms. The summed E-state index contributed by atoms with van der Waals surface area (Å²) in [5.74, 6) is 3.19. The number of hydrogen-bond donors (Lipinski definition) is 1. The second-order valence-corrected chi connectivity index (χ2v) is 4.36. The van der Waals surface area contributed by atoms with Crippen LogP contribution in [0.4, 0.5) is 0 Å². The average Bonchev–Trinajstić information content (AvgIpc) is 2.92. The molecule has 0 fully saturated rings. The van der Waals surface area contributed by atoms with Gasteiger partial charge in [0.2, 0.25) is 17.6 Å². The Morgan fingerprint density at radius 2 is 2.15 bits per heavy atom.